The highest BCUT2D eigenvalue weighted by Crippen LogP contribution is 2.47. The van der Waals surface area contributed by atoms with Crippen LogP contribution in [0.4, 0.5) is 11.5 Å². The monoisotopic (exact) mass is 647 g/mol. The number of carbonyl (C=O) groups is 1. The van der Waals surface area contributed by atoms with Gasteiger partial charge in [0.1, 0.15) is 5.82 Å². The second-order valence-corrected chi connectivity index (χ2v) is 13.2. The smallest absolute Gasteiger partial charge is 0.278 e. The fourth-order valence-corrected chi connectivity index (χ4v) is 7.92. The van der Waals surface area contributed by atoms with Crippen LogP contribution < -0.4 is 20.9 Å². The lowest BCUT2D eigenvalue weighted by Crippen LogP contribution is -2.67. The zero-order valence-corrected chi connectivity index (χ0v) is 27.2. The molecule has 1 spiro atoms. The number of aromatic nitrogens is 4. The second-order valence-electron chi connectivity index (χ2n) is 12.8. The molecule has 3 aromatic heterocycles. The number of amides is 1. The lowest BCUT2D eigenvalue weighted by atomic mass is 9.86. The predicted molar refractivity (Wildman–Crippen MR) is 182 cm³/mol. The maximum atomic E-state index is 13.0. The number of benzene rings is 2. The van der Waals surface area contributed by atoms with E-state index in [9.17, 15) is 9.59 Å². The maximum Gasteiger partial charge on any atom is 0.278 e. The van der Waals surface area contributed by atoms with Gasteiger partial charge in [0.2, 0.25) is 11.8 Å². The molecule has 47 heavy (non-hydrogen) atoms. The first kappa shape index (κ1) is 29.6. The summed E-state index contributed by atoms with van der Waals surface area (Å²) in [5.74, 6) is 1.26. The molecule has 8 rings (SSSR count). The molecule has 0 bridgehead atoms. The fraction of sp³-hybridized carbons (Fsp3) is 0.306. The lowest BCUT2D eigenvalue weighted by Gasteiger charge is -2.50. The Kier molecular flexibility index (Phi) is 7.03. The van der Waals surface area contributed by atoms with Gasteiger partial charge in [-0.3, -0.25) is 14.5 Å². The summed E-state index contributed by atoms with van der Waals surface area (Å²) in [4.78, 5) is 36.8. The number of pyridine rings is 2. The Balaban J connectivity index is 1.12. The molecule has 1 amide bonds. The summed E-state index contributed by atoms with van der Waals surface area (Å²) in [6, 6.07) is 16.1. The van der Waals surface area contributed by atoms with Crippen LogP contribution in [-0.2, 0) is 18.3 Å². The predicted octanol–water partition coefficient (Wildman–Crippen LogP) is 5.72. The number of carbonyl (C=O) groups excluding carboxylic acids is 1. The minimum Gasteiger partial charge on any atom is -0.481 e. The summed E-state index contributed by atoms with van der Waals surface area (Å²) in [7, 11) is 3.30. The van der Waals surface area contributed by atoms with Gasteiger partial charge < -0.3 is 15.4 Å². The second kappa shape index (κ2) is 11.2. The van der Waals surface area contributed by atoms with Gasteiger partial charge in [0.15, 0.2) is 0 Å². The molecule has 5 heterocycles. The molecule has 2 aromatic carbocycles. The van der Waals surface area contributed by atoms with Gasteiger partial charge in [-0.25, -0.2) is 14.6 Å². The summed E-state index contributed by atoms with van der Waals surface area (Å²) in [5.41, 5.74) is 7.28. The average Bonchev–Trinajstić information content (AvgIpc) is 3.67. The third kappa shape index (κ3) is 4.85. The molecule has 2 saturated heterocycles. The standard InChI is InChI=1S/C36H34ClN7O3/c1-20-23(6-5-9-26(20)40-33-31-22(13-15-38-33)17-39-43(2)35(31)46)24-7-4-8-25(32(24)37)27-16-21-10-11-28(30(21)34(41-27)47-3)44-18-36(19-44)14-12-29(45)42-36/h4-9,13,15-17,28H,10-12,14,18-19H2,1-3H3,(H,38,40)(H,42,45). The number of fused-ring (bicyclic) bond motifs is 2. The van der Waals surface area contributed by atoms with Crippen LogP contribution in [0.25, 0.3) is 33.2 Å². The topological polar surface area (TPSA) is 114 Å². The van der Waals surface area contributed by atoms with Crippen molar-refractivity contribution in [2.24, 2.45) is 7.05 Å². The van der Waals surface area contributed by atoms with E-state index in [1.54, 1.807) is 32.6 Å². The zero-order chi connectivity index (χ0) is 32.4. The minimum absolute atomic E-state index is 0.0701. The number of rotatable bonds is 6. The molecule has 2 aliphatic heterocycles. The van der Waals surface area contributed by atoms with Crippen molar-refractivity contribution in [3.8, 4) is 28.3 Å². The summed E-state index contributed by atoms with van der Waals surface area (Å²) < 4.78 is 7.21. The van der Waals surface area contributed by atoms with Crippen LogP contribution in [0.3, 0.4) is 0 Å². The van der Waals surface area contributed by atoms with Crippen molar-refractivity contribution in [1.29, 1.82) is 0 Å². The van der Waals surface area contributed by atoms with E-state index < -0.39 is 0 Å². The summed E-state index contributed by atoms with van der Waals surface area (Å²) in [6.45, 7) is 3.75. The fourth-order valence-electron chi connectivity index (χ4n) is 7.60. The molecule has 238 valence electrons. The number of anilines is 2. The Labute approximate surface area is 276 Å². The van der Waals surface area contributed by atoms with Gasteiger partial charge in [-0.1, -0.05) is 41.9 Å². The highest BCUT2D eigenvalue weighted by molar-refractivity contribution is 6.36. The first-order valence-corrected chi connectivity index (χ1v) is 16.2. The van der Waals surface area contributed by atoms with Gasteiger partial charge in [-0.2, -0.15) is 5.10 Å². The Hall–Kier alpha value is -4.80. The maximum absolute atomic E-state index is 13.0. The molecular weight excluding hydrogens is 614 g/mol. The minimum atomic E-state index is -0.220. The van der Waals surface area contributed by atoms with Gasteiger partial charge in [0, 0.05) is 66.6 Å². The Bertz CT molecular complexity index is 2160. The Morgan fingerprint density at radius 1 is 1.06 bits per heavy atom. The van der Waals surface area contributed by atoms with Gasteiger partial charge in [-0.05, 0) is 61.1 Å². The van der Waals surface area contributed by atoms with Crippen molar-refractivity contribution in [2.45, 2.75) is 44.2 Å². The number of ether oxygens (including phenoxy) is 1. The lowest BCUT2D eigenvalue weighted by molar-refractivity contribution is -0.121. The van der Waals surface area contributed by atoms with Crippen molar-refractivity contribution >= 4 is 39.8 Å². The van der Waals surface area contributed by atoms with Gasteiger partial charge in [-0.15, -0.1) is 0 Å². The molecule has 5 aromatic rings. The third-order valence-corrected chi connectivity index (χ3v) is 10.4. The number of hydrogen-bond acceptors (Lipinski definition) is 8. The van der Waals surface area contributed by atoms with Crippen LogP contribution >= 0.6 is 11.6 Å². The molecule has 1 aliphatic carbocycles. The molecule has 10 nitrogen and oxygen atoms in total. The molecule has 1 atom stereocenters. The van der Waals surface area contributed by atoms with Gasteiger partial charge in [0.05, 0.1) is 34.9 Å². The SMILES string of the molecule is COc1nc(-c2cccc(-c3cccc(Nc4nccc5cnn(C)c(=O)c45)c3C)c2Cl)cc2c1C(N1CC3(CCC(=O)N3)C1)CC2. The van der Waals surface area contributed by atoms with Crippen molar-refractivity contribution in [3.63, 3.8) is 0 Å². The van der Waals surface area contributed by atoms with Crippen molar-refractivity contribution < 1.29 is 9.53 Å². The average molecular weight is 648 g/mol. The number of nitrogens with one attached hydrogen (secondary N) is 2. The third-order valence-electron chi connectivity index (χ3n) is 10.0. The van der Waals surface area contributed by atoms with Gasteiger partial charge in [0.25, 0.3) is 5.56 Å². The van der Waals surface area contributed by atoms with Crippen LogP contribution in [0.5, 0.6) is 5.88 Å². The highest BCUT2D eigenvalue weighted by atomic mass is 35.5. The summed E-state index contributed by atoms with van der Waals surface area (Å²) in [5, 5.41) is 12.5. The van der Waals surface area contributed by atoms with E-state index in [1.807, 2.05) is 43.3 Å². The van der Waals surface area contributed by atoms with Gasteiger partial charge >= 0.3 is 0 Å². The van der Waals surface area contributed by atoms with Crippen molar-refractivity contribution in [3.05, 3.63) is 93.0 Å². The molecule has 1 unspecified atom stereocenters. The summed E-state index contributed by atoms with van der Waals surface area (Å²) in [6.07, 6.45) is 6.76. The Morgan fingerprint density at radius 3 is 2.64 bits per heavy atom. The Morgan fingerprint density at radius 2 is 1.85 bits per heavy atom. The van der Waals surface area contributed by atoms with Crippen molar-refractivity contribution in [2.75, 3.05) is 25.5 Å². The number of halogens is 1. The van der Waals surface area contributed by atoms with Crippen LogP contribution in [-0.4, -0.2) is 56.3 Å². The van der Waals surface area contributed by atoms with Crippen molar-refractivity contribution in [1.82, 2.24) is 30.0 Å². The van der Waals surface area contributed by atoms with E-state index in [1.165, 1.54) is 10.2 Å². The molecule has 2 N–H and O–H groups in total. The number of nitrogens with zero attached hydrogens (tertiary/aromatic N) is 5. The largest absolute Gasteiger partial charge is 0.481 e. The van der Waals surface area contributed by atoms with E-state index in [-0.39, 0.29) is 23.0 Å². The van der Waals surface area contributed by atoms with Crippen LogP contribution in [0.15, 0.2) is 65.7 Å². The number of methoxy groups -OCH3 is 1. The van der Waals surface area contributed by atoms with Crippen LogP contribution in [0.1, 0.15) is 42.0 Å². The molecular formula is C36H34ClN7O3. The highest BCUT2D eigenvalue weighted by Gasteiger charge is 2.51. The molecule has 11 heteroatoms. The van der Waals surface area contributed by atoms with Crippen LogP contribution in [0.2, 0.25) is 5.02 Å². The number of aryl methyl sites for hydroxylation is 2. The zero-order valence-electron chi connectivity index (χ0n) is 26.4. The van der Waals surface area contributed by atoms with E-state index in [4.69, 9.17) is 21.3 Å². The van der Waals surface area contributed by atoms with E-state index in [0.29, 0.717) is 28.5 Å². The molecule has 2 fully saturated rings. The normalized spacial score (nSPS) is 18.3. The quantitative estimate of drug-likeness (QED) is 0.241. The first-order chi connectivity index (χ1) is 22.7. The summed E-state index contributed by atoms with van der Waals surface area (Å²) >= 11 is 7.21. The molecule has 3 aliphatic rings. The van der Waals surface area contributed by atoms with Crippen LogP contribution in [0, 0.1) is 6.92 Å². The van der Waals surface area contributed by atoms with E-state index in [2.05, 4.69) is 31.7 Å². The number of hydrogen-bond donors (Lipinski definition) is 2. The number of likely N-dealkylation sites (tertiary alicyclic amines) is 1. The molecule has 0 saturated carbocycles. The first-order valence-electron chi connectivity index (χ1n) is 15.8. The van der Waals surface area contributed by atoms with E-state index in [0.717, 1.165) is 76.9 Å². The van der Waals surface area contributed by atoms with E-state index >= 15 is 0 Å². The molecule has 0 radical (unpaired) electrons.